The molecule has 2 saturated carbocycles. The van der Waals surface area contributed by atoms with E-state index in [0.29, 0.717) is 30.9 Å². The van der Waals surface area contributed by atoms with Gasteiger partial charge in [0.05, 0.1) is 18.5 Å². The maximum atomic E-state index is 11.7. The minimum atomic E-state index is -0.0364. The van der Waals surface area contributed by atoms with Crippen LogP contribution in [0.1, 0.15) is 64.0 Å². The Balaban J connectivity index is 1.26. The molecule has 0 radical (unpaired) electrons. The van der Waals surface area contributed by atoms with Crippen LogP contribution in [-0.2, 0) is 23.0 Å². The summed E-state index contributed by atoms with van der Waals surface area (Å²) in [7, 11) is 2.02. The van der Waals surface area contributed by atoms with Crippen molar-refractivity contribution in [3.8, 4) is 11.3 Å². The number of cyclic esters (lactones) is 1. The fourth-order valence-electron chi connectivity index (χ4n) is 5.33. The van der Waals surface area contributed by atoms with Gasteiger partial charge in [0.15, 0.2) is 0 Å². The number of carbonyl (C=O) groups excluding carboxylic acids is 1. The Morgan fingerprint density at radius 2 is 2.03 bits per heavy atom. The van der Waals surface area contributed by atoms with E-state index in [1.165, 1.54) is 18.5 Å². The van der Waals surface area contributed by atoms with Crippen LogP contribution in [0.2, 0.25) is 0 Å². The average molecular weight is 424 g/mol. The molecule has 7 heteroatoms. The summed E-state index contributed by atoms with van der Waals surface area (Å²) in [5.41, 5.74) is 3.47. The van der Waals surface area contributed by atoms with Crippen LogP contribution in [0, 0.1) is 17.3 Å². The van der Waals surface area contributed by atoms with Crippen molar-refractivity contribution >= 4 is 11.9 Å². The maximum Gasteiger partial charge on any atom is 0.305 e. The number of nitrogens with zero attached hydrogens (tertiary/aromatic N) is 4. The molecule has 2 aliphatic carbocycles. The number of anilines is 1. The van der Waals surface area contributed by atoms with Crippen molar-refractivity contribution < 1.29 is 9.53 Å². The predicted octanol–water partition coefficient (Wildman–Crippen LogP) is 4.14. The van der Waals surface area contributed by atoms with E-state index in [1.807, 2.05) is 30.2 Å². The van der Waals surface area contributed by atoms with Gasteiger partial charge >= 0.3 is 5.97 Å². The van der Waals surface area contributed by atoms with Gasteiger partial charge < -0.3 is 10.1 Å². The van der Waals surface area contributed by atoms with E-state index in [-0.39, 0.29) is 11.4 Å². The van der Waals surface area contributed by atoms with Gasteiger partial charge in [-0.25, -0.2) is 9.97 Å². The number of aryl methyl sites for hydroxylation is 1. The van der Waals surface area contributed by atoms with Crippen LogP contribution in [0.25, 0.3) is 11.3 Å². The number of carbonyl (C=O) groups is 1. The van der Waals surface area contributed by atoms with Gasteiger partial charge in [-0.3, -0.25) is 9.48 Å². The lowest BCUT2D eigenvalue weighted by atomic mass is 9.65. The second-order valence-corrected chi connectivity index (χ2v) is 9.92. The van der Waals surface area contributed by atoms with Crippen molar-refractivity contribution in [1.82, 2.24) is 19.7 Å². The molecule has 3 heterocycles. The van der Waals surface area contributed by atoms with E-state index in [4.69, 9.17) is 9.72 Å². The zero-order chi connectivity index (χ0) is 21.4. The SMILES string of the molecule is CC1CCC(=O)OCC12CCC(Nc1nccc(-c3cnn(C)c3CC3CC3)n1)CC2. The van der Waals surface area contributed by atoms with Gasteiger partial charge in [0.25, 0.3) is 0 Å². The van der Waals surface area contributed by atoms with Crippen molar-refractivity contribution in [2.45, 2.75) is 70.8 Å². The van der Waals surface area contributed by atoms with E-state index in [0.717, 1.165) is 55.7 Å². The summed E-state index contributed by atoms with van der Waals surface area (Å²) in [5.74, 6) is 1.98. The Hall–Kier alpha value is -2.44. The molecule has 1 unspecified atom stereocenters. The first-order valence-corrected chi connectivity index (χ1v) is 11.8. The average Bonchev–Trinajstić information content (AvgIpc) is 3.55. The molecule has 7 nitrogen and oxygen atoms in total. The highest BCUT2D eigenvalue weighted by Crippen LogP contribution is 2.46. The van der Waals surface area contributed by atoms with Gasteiger partial charge in [-0.15, -0.1) is 0 Å². The fraction of sp³-hybridized carbons (Fsp3) is 0.667. The number of hydrogen-bond acceptors (Lipinski definition) is 6. The number of nitrogens with one attached hydrogen (secondary N) is 1. The lowest BCUT2D eigenvalue weighted by Gasteiger charge is -2.42. The maximum absolute atomic E-state index is 11.7. The number of esters is 1. The van der Waals surface area contributed by atoms with Crippen molar-refractivity contribution in [2.75, 3.05) is 11.9 Å². The molecule has 1 N–H and O–H groups in total. The van der Waals surface area contributed by atoms with Gasteiger partial charge in [-0.2, -0.15) is 5.10 Å². The lowest BCUT2D eigenvalue weighted by Crippen LogP contribution is -2.40. The minimum absolute atomic E-state index is 0.0364. The van der Waals surface area contributed by atoms with Crippen LogP contribution in [0.4, 0.5) is 5.95 Å². The monoisotopic (exact) mass is 423 g/mol. The number of aromatic nitrogens is 4. The van der Waals surface area contributed by atoms with Crippen molar-refractivity contribution in [3.05, 3.63) is 24.2 Å². The molecule has 1 atom stereocenters. The predicted molar refractivity (Wildman–Crippen MR) is 118 cm³/mol. The Morgan fingerprint density at radius 3 is 2.81 bits per heavy atom. The first kappa shape index (κ1) is 20.5. The van der Waals surface area contributed by atoms with E-state index in [1.54, 1.807) is 0 Å². The first-order valence-electron chi connectivity index (χ1n) is 11.8. The molecule has 5 rings (SSSR count). The van der Waals surface area contributed by atoms with Crippen LogP contribution in [0.15, 0.2) is 18.5 Å². The topological polar surface area (TPSA) is 81.9 Å². The van der Waals surface area contributed by atoms with Gasteiger partial charge in [-0.05, 0) is 69.3 Å². The van der Waals surface area contributed by atoms with Crippen LogP contribution in [0.5, 0.6) is 0 Å². The zero-order valence-electron chi connectivity index (χ0n) is 18.6. The van der Waals surface area contributed by atoms with E-state index < -0.39 is 0 Å². The van der Waals surface area contributed by atoms with E-state index in [9.17, 15) is 4.79 Å². The molecule has 0 amide bonds. The summed E-state index contributed by atoms with van der Waals surface area (Å²) in [6.07, 6.45) is 13.2. The summed E-state index contributed by atoms with van der Waals surface area (Å²) in [5, 5.41) is 8.06. The summed E-state index contributed by atoms with van der Waals surface area (Å²) in [6, 6.07) is 2.34. The molecule has 1 aliphatic heterocycles. The van der Waals surface area contributed by atoms with Crippen LogP contribution < -0.4 is 5.32 Å². The normalized spacial score (nSPS) is 28.9. The Morgan fingerprint density at radius 1 is 1.23 bits per heavy atom. The third-order valence-corrected chi connectivity index (χ3v) is 7.83. The van der Waals surface area contributed by atoms with Gasteiger partial charge in [0, 0.05) is 42.4 Å². The highest BCUT2D eigenvalue weighted by molar-refractivity contribution is 5.69. The summed E-state index contributed by atoms with van der Waals surface area (Å²) in [4.78, 5) is 21.1. The molecule has 0 aromatic carbocycles. The number of rotatable bonds is 5. The second-order valence-electron chi connectivity index (χ2n) is 9.92. The molecule has 1 saturated heterocycles. The molecule has 3 aliphatic rings. The summed E-state index contributed by atoms with van der Waals surface area (Å²) < 4.78 is 7.53. The smallest absolute Gasteiger partial charge is 0.305 e. The minimum Gasteiger partial charge on any atom is -0.465 e. The molecule has 2 aromatic rings. The molecule has 166 valence electrons. The summed E-state index contributed by atoms with van der Waals surface area (Å²) >= 11 is 0. The Labute approximate surface area is 184 Å². The standard InChI is InChI=1S/C24H33N5O2/c1-16-3-6-22(30)31-15-24(16)10-7-18(8-11-24)27-23-25-12-9-20(28-23)19-14-26-29(2)21(19)13-17-4-5-17/h9,12,14,16-18H,3-8,10-11,13,15H2,1-2H3,(H,25,27,28). The molecule has 2 aromatic heterocycles. The molecular formula is C24H33N5O2. The Kier molecular flexibility index (Phi) is 5.44. The fourth-order valence-corrected chi connectivity index (χ4v) is 5.33. The van der Waals surface area contributed by atoms with Crippen molar-refractivity contribution in [3.63, 3.8) is 0 Å². The van der Waals surface area contributed by atoms with Crippen LogP contribution in [0.3, 0.4) is 0 Å². The third kappa shape index (κ3) is 4.32. The van der Waals surface area contributed by atoms with E-state index >= 15 is 0 Å². The third-order valence-electron chi connectivity index (χ3n) is 7.83. The Bertz CT molecular complexity index is 943. The molecular weight excluding hydrogens is 390 g/mol. The van der Waals surface area contributed by atoms with Crippen molar-refractivity contribution in [1.29, 1.82) is 0 Å². The molecule has 0 bridgehead atoms. The van der Waals surface area contributed by atoms with E-state index in [2.05, 4.69) is 22.3 Å². The van der Waals surface area contributed by atoms with Gasteiger partial charge in [0.2, 0.25) is 5.95 Å². The number of hydrogen-bond donors (Lipinski definition) is 1. The highest BCUT2D eigenvalue weighted by atomic mass is 16.5. The second kappa shape index (κ2) is 8.24. The molecule has 31 heavy (non-hydrogen) atoms. The van der Waals surface area contributed by atoms with Gasteiger partial charge in [0.1, 0.15) is 0 Å². The molecule has 1 spiro atoms. The van der Waals surface area contributed by atoms with Gasteiger partial charge in [-0.1, -0.05) is 6.92 Å². The molecule has 3 fully saturated rings. The lowest BCUT2D eigenvalue weighted by molar-refractivity contribution is -0.146. The van der Waals surface area contributed by atoms with Crippen LogP contribution >= 0.6 is 0 Å². The first-order chi connectivity index (χ1) is 15.0. The van der Waals surface area contributed by atoms with Crippen molar-refractivity contribution in [2.24, 2.45) is 24.3 Å². The summed E-state index contributed by atoms with van der Waals surface area (Å²) in [6.45, 7) is 2.87. The van der Waals surface area contributed by atoms with Crippen LogP contribution in [-0.4, -0.2) is 38.4 Å². The zero-order valence-corrected chi connectivity index (χ0v) is 18.6. The number of ether oxygens (including phenoxy) is 1. The highest BCUT2D eigenvalue weighted by Gasteiger charge is 2.42. The quantitative estimate of drug-likeness (QED) is 0.728. The largest absolute Gasteiger partial charge is 0.465 e.